The van der Waals surface area contributed by atoms with Crippen LogP contribution in [-0.2, 0) is 6.18 Å². The van der Waals surface area contributed by atoms with Crippen LogP contribution in [0.5, 0.6) is 0 Å². The Kier molecular flexibility index (Phi) is 6.28. The van der Waals surface area contributed by atoms with Crippen molar-refractivity contribution in [1.29, 1.82) is 0 Å². The minimum absolute atomic E-state index is 0.0182. The Hall–Kier alpha value is -2.78. The van der Waals surface area contributed by atoms with E-state index in [-0.39, 0.29) is 23.8 Å². The van der Waals surface area contributed by atoms with Crippen LogP contribution in [0.1, 0.15) is 43.3 Å². The molecule has 0 aliphatic carbocycles. The van der Waals surface area contributed by atoms with Gasteiger partial charge in [-0.1, -0.05) is 17.7 Å². The van der Waals surface area contributed by atoms with Gasteiger partial charge in [-0.25, -0.2) is 9.78 Å². The predicted molar refractivity (Wildman–Crippen MR) is 122 cm³/mol. The molecule has 2 atom stereocenters. The van der Waals surface area contributed by atoms with Gasteiger partial charge >= 0.3 is 12.2 Å². The zero-order valence-corrected chi connectivity index (χ0v) is 19.2. The first-order valence-electron chi connectivity index (χ1n) is 10.7. The maximum absolute atomic E-state index is 13.1. The van der Waals surface area contributed by atoms with Gasteiger partial charge in [-0.05, 0) is 63.1 Å². The number of likely N-dealkylation sites (tertiary alicyclic amines) is 1. The second-order valence-corrected chi connectivity index (χ2v) is 9.08. The number of anilines is 1. The standard InChI is InChI=1S/C23H25ClF3N5O/c1-12(2)32-11-15(10-20(32)21-30-18-7-4-13(3)8-19(18)31-21)29-22(33)28-14-5-6-17(24)16(9-14)23(25,26)27/h4-9,12,15,20H,10-11H2,1-3H3,(H,30,31)(H2,28,29,33). The number of carbonyl (C=O) groups excluding carboxylic acids is 1. The number of carbonyl (C=O) groups is 1. The Labute approximate surface area is 194 Å². The Morgan fingerprint density at radius 2 is 2.00 bits per heavy atom. The molecule has 1 aliphatic heterocycles. The SMILES string of the molecule is Cc1ccc2nc(C3CC(NC(=O)Nc4ccc(Cl)c(C(F)(F)F)c4)CN3C(C)C)[nH]c2c1. The Morgan fingerprint density at radius 1 is 1.24 bits per heavy atom. The molecule has 3 aromatic rings. The number of hydrogen-bond donors (Lipinski definition) is 3. The number of imidazole rings is 1. The van der Waals surface area contributed by atoms with Crippen molar-refractivity contribution in [2.75, 3.05) is 11.9 Å². The lowest BCUT2D eigenvalue weighted by Gasteiger charge is -2.26. The van der Waals surface area contributed by atoms with E-state index >= 15 is 0 Å². The lowest BCUT2D eigenvalue weighted by Crippen LogP contribution is -2.40. The number of aromatic amines is 1. The first-order valence-corrected chi connectivity index (χ1v) is 11.1. The summed E-state index contributed by atoms with van der Waals surface area (Å²) in [4.78, 5) is 22.9. The van der Waals surface area contributed by atoms with E-state index in [0.717, 1.165) is 34.6 Å². The van der Waals surface area contributed by atoms with Crippen LogP contribution >= 0.6 is 11.6 Å². The van der Waals surface area contributed by atoms with E-state index in [9.17, 15) is 18.0 Å². The fraction of sp³-hybridized carbons (Fsp3) is 0.391. The highest BCUT2D eigenvalue weighted by molar-refractivity contribution is 6.31. The van der Waals surface area contributed by atoms with E-state index in [4.69, 9.17) is 16.6 Å². The number of urea groups is 1. The first kappa shape index (κ1) is 23.4. The summed E-state index contributed by atoms with van der Waals surface area (Å²) in [5.74, 6) is 0.835. The van der Waals surface area contributed by atoms with Crippen molar-refractivity contribution < 1.29 is 18.0 Å². The van der Waals surface area contributed by atoms with E-state index in [2.05, 4.69) is 34.4 Å². The molecule has 0 bridgehead atoms. The normalized spacial score (nSPS) is 19.4. The van der Waals surface area contributed by atoms with Crippen LogP contribution < -0.4 is 10.6 Å². The Morgan fingerprint density at radius 3 is 2.70 bits per heavy atom. The number of nitrogens with zero attached hydrogens (tertiary/aromatic N) is 2. The summed E-state index contributed by atoms with van der Waals surface area (Å²) in [5, 5.41) is 4.95. The summed E-state index contributed by atoms with van der Waals surface area (Å²) in [5.41, 5.74) is 2.01. The van der Waals surface area contributed by atoms with Crippen LogP contribution in [0.15, 0.2) is 36.4 Å². The van der Waals surface area contributed by atoms with Gasteiger partial charge in [0, 0.05) is 24.3 Å². The fourth-order valence-corrected chi connectivity index (χ4v) is 4.50. The number of fused-ring (bicyclic) bond motifs is 1. The van der Waals surface area contributed by atoms with Crippen LogP contribution in [0, 0.1) is 6.92 Å². The van der Waals surface area contributed by atoms with Gasteiger partial charge in [0.05, 0.1) is 27.7 Å². The predicted octanol–water partition coefficient (Wildman–Crippen LogP) is 5.89. The van der Waals surface area contributed by atoms with E-state index < -0.39 is 22.8 Å². The van der Waals surface area contributed by atoms with E-state index in [0.29, 0.717) is 13.0 Å². The Bertz CT molecular complexity index is 1180. The van der Waals surface area contributed by atoms with Gasteiger partial charge in [-0.3, -0.25) is 4.90 Å². The summed E-state index contributed by atoms with van der Waals surface area (Å²) in [6.07, 6.45) is -3.98. The summed E-state index contributed by atoms with van der Waals surface area (Å²) in [7, 11) is 0. The number of amides is 2. The Balaban J connectivity index is 1.47. The van der Waals surface area contributed by atoms with Crippen molar-refractivity contribution in [3.05, 3.63) is 58.4 Å². The van der Waals surface area contributed by atoms with Gasteiger partial charge in [-0.2, -0.15) is 13.2 Å². The van der Waals surface area contributed by atoms with Crippen molar-refractivity contribution in [1.82, 2.24) is 20.2 Å². The van der Waals surface area contributed by atoms with Gasteiger partial charge in [0.2, 0.25) is 0 Å². The molecule has 1 saturated heterocycles. The number of halogens is 4. The average Bonchev–Trinajstić information content (AvgIpc) is 3.32. The smallest absolute Gasteiger partial charge is 0.341 e. The lowest BCUT2D eigenvalue weighted by molar-refractivity contribution is -0.137. The molecule has 1 fully saturated rings. The molecule has 10 heteroatoms. The fourth-order valence-electron chi connectivity index (χ4n) is 4.28. The quantitative estimate of drug-likeness (QED) is 0.437. The molecule has 1 aliphatic rings. The summed E-state index contributed by atoms with van der Waals surface area (Å²) >= 11 is 5.65. The molecule has 2 aromatic carbocycles. The van der Waals surface area contributed by atoms with Crippen molar-refractivity contribution >= 4 is 34.4 Å². The van der Waals surface area contributed by atoms with Crippen molar-refractivity contribution in [3.8, 4) is 0 Å². The zero-order chi connectivity index (χ0) is 23.9. The number of alkyl halides is 3. The molecule has 6 nitrogen and oxygen atoms in total. The maximum atomic E-state index is 13.1. The minimum Gasteiger partial charge on any atom is -0.341 e. The van der Waals surface area contributed by atoms with E-state index in [1.54, 1.807) is 0 Å². The molecule has 176 valence electrons. The lowest BCUT2D eigenvalue weighted by atomic mass is 10.1. The van der Waals surface area contributed by atoms with Gasteiger partial charge in [0.25, 0.3) is 0 Å². The van der Waals surface area contributed by atoms with Crippen LogP contribution in [0.4, 0.5) is 23.7 Å². The second-order valence-electron chi connectivity index (χ2n) is 8.67. The van der Waals surface area contributed by atoms with Crippen molar-refractivity contribution in [2.24, 2.45) is 0 Å². The first-order chi connectivity index (χ1) is 15.5. The molecule has 0 saturated carbocycles. The van der Waals surface area contributed by atoms with Crippen LogP contribution in [0.3, 0.4) is 0 Å². The molecule has 2 amide bonds. The summed E-state index contributed by atoms with van der Waals surface area (Å²) in [6.45, 7) is 6.77. The molecular weight excluding hydrogens is 455 g/mol. The molecule has 2 heterocycles. The third kappa shape index (κ3) is 5.09. The zero-order valence-electron chi connectivity index (χ0n) is 18.4. The van der Waals surface area contributed by atoms with E-state index in [1.165, 1.54) is 6.07 Å². The van der Waals surface area contributed by atoms with Crippen LogP contribution in [0.2, 0.25) is 5.02 Å². The van der Waals surface area contributed by atoms with Crippen molar-refractivity contribution in [2.45, 2.75) is 51.5 Å². The minimum atomic E-state index is -4.60. The van der Waals surface area contributed by atoms with Gasteiger partial charge in [0.1, 0.15) is 5.82 Å². The van der Waals surface area contributed by atoms with E-state index in [1.807, 2.05) is 25.1 Å². The number of rotatable bonds is 4. The number of H-pyrrole nitrogens is 1. The van der Waals surface area contributed by atoms with Gasteiger partial charge < -0.3 is 15.6 Å². The van der Waals surface area contributed by atoms with Crippen LogP contribution in [-0.4, -0.2) is 39.5 Å². The molecule has 0 radical (unpaired) electrons. The molecule has 2 unspecified atom stereocenters. The highest BCUT2D eigenvalue weighted by Gasteiger charge is 2.37. The third-order valence-corrected chi connectivity index (χ3v) is 6.17. The van der Waals surface area contributed by atoms with Gasteiger partial charge in [0.15, 0.2) is 0 Å². The topological polar surface area (TPSA) is 73.1 Å². The molecule has 33 heavy (non-hydrogen) atoms. The maximum Gasteiger partial charge on any atom is 0.417 e. The number of benzene rings is 2. The number of nitrogens with one attached hydrogen (secondary N) is 3. The average molecular weight is 480 g/mol. The highest BCUT2D eigenvalue weighted by atomic mass is 35.5. The third-order valence-electron chi connectivity index (χ3n) is 5.84. The molecular formula is C23H25ClF3N5O. The summed E-state index contributed by atoms with van der Waals surface area (Å²) in [6, 6.07) is 8.76. The monoisotopic (exact) mass is 479 g/mol. The number of hydrogen-bond acceptors (Lipinski definition) is 3. The van der Waals surface area contributed by atoms with Crippen LogP contribution in [0.25, 0.3) is 11.0 Å². The summed E-state index contributed by atoms with van der Waals surface area (Å²) < 4.78 is 39.3. The molecule has 0 spiro atoms. The van der Waals surface area contributed by atoms with Crippen molar-refractivity contribution in [3.63, 3.8) is 0 Å². The second kappa shape index (κ2) is 8.87. The number of aryl methyl sites for hydroxylation is 1. The largest absolute Gasteiger partial charge is 0.417 e. The molecule has 3 N–H and O–H groups in total. The molecule has 4 rings (SSSR count). The highest BCUT2D eigenvalue weighted by Crippen LogP contribution is 2.36. The number of aromatic nitrogens is 2. The van der Waals surface area contributed by atoms with Gasteiger partial charge in [-0.15, -0.1) is 0 Å². The molecule has 1 aromatic heterocycles.